The lowest BCUT2D eigenvalue weighted by Crippen LogP contribution is -2.29. The predicted molar refractivity (Wildman–Crippen MR) is 61.1 cm³/mol. The normalized spacial score (nSPS) is 14.1. The second-order valence-electron chi connectivity index (χ2n) is 3.71. The van der Waals surface area contributed by atoms with E-state index in [1.165, 1.54) is 6.07 Å². The summed E-state index contributed by atoms with van der Waals surface area (Å²) in [4.78, 5) is 32.7. The predicted octanol–water partition coefficient (Wildman–Crippen LogP) is -1.07. The highest BCUT2D eigenvalue weighted by molar-refractivity contribution is 7.89. The van der Waals surface area contributed by atoms with Crippen molar-refractivity contribution in [2.75, 3.05) is 6.54 Å². The molecule has 2 rings (SSSR count). The van der Waals surface area contributed by atoms with Gasteiger partial charge in [0.1, 0.15) is 6.54 Å². The molecule has 9 heteroatoms. The summed E-state index contributed by atoms with van der Waals surface area (Å²) >= 11 is 0. The fraction of sp³-hybridized carbons (Fsp3) is 0.100. The van der Waals surface area contributed by atoms with Crippen molar-refractivity contribution < 1.29 is 27.9 Å². The molecule has 0 spiro atoms. The number of fused-ring (bicyclic) bond motifs is 1. The Labute approximate surface area is 107 Å². The first kappa shape index (κ1) is 13.2. The summed E-state index contributed by atoms with van der Waals surface area (Å²) in [6.07, 6.45) is 0. The molecule has 0 saturated heterocycles. The van der Waals surface area contributed by atoms with Crippen LogP contribution < -0.4 is 10.0 Å². The van der Waals surface area contributed by atoms with Crippen molar-refractivity contribution >= 4 is 27.8 Å². The van der Waals surface area contributed by atoms with E-state index in [-0.39, 0.29) is 16.0 Å². The summed E-state index contributed by atoms with van der Waals surface area (Å²) in [5, 5.41) is 10.4. The molecule has 1 aromatic rings. The quantitative estimate of drug-likeness (QED) is 0.604. The number of benzene rings is 1. The third-order valence-corrected chi connectivity index (χ3v) is 3.83. The maximum Gasteiger partial charge on any atom is 0.318 e. The highest BCUT2D eigenvalue weighted by Gasteiger charge is 2.28. The molecule has 1 heterocycles. The average molecular weight is 284 g/mol. The molecule has 0 radical (unpaired) electrons. The maximum atomic E-state index is 11.7. The Kier molecular flexibility index (Phi) is 3.08. The molecular formula is C10H8N2O6S. The summed E-state index contributed by atoms with van der Waals surface area (Å²) in [5.41, 5.74) is 0.0328. The van der Waals surface area contributed by atoms with Crippen LogP contribution in [0.3, 0.4) is 0 Å². The molecule has 0 aliphatic carbocycles. The molecule has 3 N–H and O–H groups in total. The van der Waals surface area contributed by atoms with Gasteiger partial charge in [-0.2, -0.15) is 4.72 Å². The Morgan fingerprint density at radius 1 is 1.21 bits per heavy atom. The van der Waals surface area contributed by atoms with Crippen LogP contribution in [0.4, 0.5) is 0 Å². The Hall–Kier alpha value is -2.26. The van der Waals surface area contributed by atoms with E-state index < -0.39 is 34.4 Å². The second kappa shape index (κ2) is 4.44. The highest BCUT2D eigenvalue weighted by Crippen LogP contribution is 2.19. The number of aliphatic carboxylic acids is 1. The van der Waals surface area contributed by atoms with Crippen LogP contribution in [0.2, 0.25) is 0 Å². The number of amides is 2. The topological polar surface area (TPSA) is 130 Å². The van der Waals surface area contributed by atoms with Gasteiger partial charge >= 0.3 is 5.97 Å². The Balaban J connectivity index is 2.38. The Morgan fingerprint density at radius 3 is 2.47 bits per heavy atom. The minimum atomic E-state index is -4.04. The molecule has 19 heavy (non-hydrogen) atoms. The third kappa shape index (κ3) is 2.46. The van der Waals surface area contributed by atoms with Crippen LogP contribution >= 0.6 is 0 Å². The number of sulfonamides is 1. The highest BCUT2D eigenvalue weighted by atomic mass is 32.2. The van der Waals surface area contributed by atoms with Crippen LogP contribution in [0.5, 0.6) is 0 Å². The van der Waals surface area contributed by atoms with Crippen LogP contribution in [-0.4, -0.2) is 37.9 Å². The van der Waals surface area contributed by atoms with Gasteiger partial charge in [0.15, 0.2) is 0 Å². The van der Waals surface area contributed by atoms with Crippen LogP contribution in [0.25, 0.3) is 0 Å². The zero-order valence-electron chi connectivity index (χ0n) is 9.34. The number of carbonyl (C=O) groups excluding carboxylic acids is 2. The van der Waals surface area contributed by atoms with E-state index in [4.69, 9.17) is 5.11 Å². The zero-order chi connectivity index (χ0) is 14.2. The molecular weight excluding hydrogens is 276 g/mol. The monoisotopic (exact) mass is 284 g/mol. The summed E-state index contributed by atoms with van der Waals surface area (Å²) in [6.45, 7) is -0.773. The van der Waals surface area contributed by atoms with E-state index >= 15 is 0 Å². The van der Waals surface area contributed by atoms with Crippen molar-refractivity contribution in [1.82, 2.24) is 10.0 Å². The van der Waals surface area contributed by atoms with Gasteiger partial charge in [-0.3, -0.25) is 19.7 Å². The molecule has 0 unspecified atom stereocenters. The van der Waals surface area contributed by atoms with Crippen molar-refractivity contribution in [2.45, 2.75) is 4.90 Å². The van der Waals surface area contributed by atoms with Gasteiger partial charge in [-0.05, 0) is 18.2 Å². The largest absolute Gasteiger partial charge is 0.480 e. The van der Waals surface area contributed by atoms with E-state index in [1.807, 2.05) is 10.0 Å². The molecule has 1 aromatic carbocycles. The first-order valence-electron chi connectivity index (χ1n) is 5.02. The van der Waals surface area contributed by atoms with Crippen LogP contribution in [0.15, 0.2) is 23.1 Å². The number of nitrogens with one attached hydrogen (secondary N) is 2. The number of imide groups is 1. The Morgan fingerprint density at radius 2 is 1.84 bits per heavy atom. The molecule has 1 aliphatic rings. The summed E-state index contributed by atoms with van der Waals surface area (Å²) in [7, 11) is -4.04. The summed E-state index contributed by atoms with van der Waals surface area (Å²) in [5.74, 6) is -2.62. The van der Waals surface area contributed by atoms with Crippen molar-refractivity contribution in [3.05, 3.63) is 29.3 Å². The lowest BCUT2D eigenvalue weighted by atomic mass is 10.1. The van der Waals surface area contributed by atoms with Gasteiger partial charge in [-0.15, -0.1) is 0 Å². The molecule has 0 fully saturated rings. The molecule has 2 amide bonds. The van der Waals surface area contributed by atoms with Crippen LogP contribution in [-0.2, 0) is 14.8 Å². The number of hydrogen-bond donors (Lipinski definition) is 3. The molecule has 1 aliphatic heterocycles. The van der Waals surface area contributed by atoms with Gasteiger partial charge in [-0.25, -0.2) is 8.42 Å². The first-order chi connectivity index (χ1) is 8.81. The second-order valence-corrected chi connectivity index (χ2v) is 5.48. The first-order valence-corrected chi connectivity index (χ1v) is 6.51. The van der Waals surface area contributed by atoms with Gasteiger partial charge in [0, 0.05) is 0 Å². The lowest BCUT2D eigenvalue weighted by molar-refractivity contribution is -0.135. The number of hydrogen-bond acceptors (Lipinski definition) is 5. The van der Waals surface area contributed by atoms with Gasteiger partial charge in [0.05, 0.1) is 16.0 Å². The third-order valence-electron chi connectivity index (χ3n) is 2.43. The minimum absolute atomic E-state index is 0.0526. The van der Waals surface area contributed by atoms with E-state index in [9.17, 15) is 22.8 Å². The number of carbonyl (C=O) groups is 3. The van der Waals surface area contributed by atoms with Crippen LogP contribution in [0.1, 0.15) is 20.7 Å². The number of carboxylic acid groups (broad SMARTS) is 1. The van der Waals surface area contributed by atoms with E-state index in [1.54, 1.807) is 0 Å². The fourth-order valence-corrected chi connectivity index (χ4v) is 2.55. The van der Waals surface area contributed by atoms with E-state index in [2.05, 4.69) is 0 Å². The van der Waals surface area contributed by atoms with Crippen LogP contribution in [0, 0.1) is 0 Å². The van der Waals surface area contributed by atoms with Crippen molar-refractivity contribution in [3.8, 4) is 0 Å². The lowest BCUT2D eigenvalue weighted by Gasteiger charge is -2.05. The van der Waals surface area contributed by atoms with Crippen molar-refractivity contribution in [3.63, 3.8) is 0 Å². The van der Waals surface area contributed by atoms with Gasteiger partial charge in [-0.1, -0.05) is 0 Å². The van der Waals surface area contributed by atoms with Gasteiger partial charge < -0.3 is 5.11 Å². The minimum Gasteiger partial charge on any atom is -0.480 e. The molecule has 100 valence electrons. The molecule has 0 saturated carbocycles. The number of carboxylic acids is 1. The molecule has 0 bridgehead atoms. The SMILES string of the molecule is O=C(O)CNS(=O)(=O)c1ccc2c(c1)C(=O)NC2=O. The van der Waals surface area contributed by atoms with E-state index in [0.29, 0.717) is 0 Å². The summed E-state index contributed by atoms with van der Waals surface area (Å²) in [6, 6.07) is 3.35. The molecule has 0 atom stereocenters. The maximum absolute atomic E-state index is 11.7. The molecule has 0 aromatic heterocycles. The van der Waals surface area contributed by atoms with Gasteiger partial charge in [0.2, 0.25) is 10.0 Å². The van der Waals surface area contributed by atoms with Crippen molar-refractivity contribution in [2.24, 2.45) is 0 Å². The van der Waals surface area contributed by atoms with E-state index in [0.717, 1.165) is 12.1 Å². The standard InChI is InChI=1S/C10H8N2O6S/c13-8(14)4-11-19(17,18)5-1-2-6-7(3-5)10(16)12-9(6)15/h1-3,11H,4H2,(H,13,14)(H,12,15,16). The van der Waals surface area contributed by atoms with Gasteiger partial charge in [0.25, 0.3) is 11.8 Å². The Bertz CT molecular complexity index is 694. The molecule has 8 nitrogen and oxygen atoms in total. The average Bonchev–Trinajstić information content (AvgIpc) is 2.62. The number of rotatable bonds is 4. The zero-order valence-corrected chi connectivity index (χ0v) is 10.2. The fourth-order valence-electron chi connectivity index (χ4n) is 1.55. The smallest absolute Gasteiger partial charge is 0.318 e. The van der Waals surface area contributed by atoms with Crippen molar-refractivity contribution in [1.29, 1.82) is 0 Å². The summed E-state index contributed by atoms with van der Waals surface area (Å²) < 4.78 is 25.3.